The molecule has 40 heteroatoms. The number of carboxylic acid groups (broad SMARTS) is 4. The fourth-order valence-corrected chi connectivity index (χ4v) is 19.9. The largest absolute Gasteiger partial charge is 0.481 e. The van der Waals surface area contributed by atoms with E-state index in [2.05, 4.69) is 34.0 Å². The number of aliphatic carboxylic acids is 4. The van der Waals surface area contributed by atoms with Gasteiger partial charge in [-0.1, -0.05) is 21.3 Å². The molecule has 5 rings (SSSR count). The van der Waals surface area contributed by atoms with Gasteiger partial charge in [0, 0.05) is 151 Å². The molecule has 4 amide bonds. The zero-order valence-corrected chi connectivity index (χ0v) is 70.3. The van der Waals surface area contributed by atoms with Crippen molar-refractivity contribution in [2.24, 2.45) is 35.1 Å². The third-order valence-electron chi connectivity index (χ3n) is 17.5. The van der Waals surface area contributed by atoms with Gasteiger partial charge in [-0.15, -0.1) is 23.5 Å². The summed E-state index contributed by atoms with van der Waals surface area (Å²) in [4.78, 5) is 212. The first-order valence-electron chi connectivity index (χ1n) is 37.7. The SMILES string of the molecule is C.CCC(CSC1CCC1SCC(CC(=O)CCOCCC(C)=O)C(=O)O)C(=O)O.NC(CSC1CCC1SCC(N)C(=O)O)C(=O)O.O=C(CCOCCC(=O)ON1C(=O)CCC1=O)OC1C(=O)CCC1=O.[3H]C(P)C(=O)CNC(=O)C(CC)CSC1CCC1SCC(CC(=O)CCOCCC(C)=O)C(=O)NCC(=O)C([3H])P. The van der Waals surface area contributed by atoms with Gasteiger partial charge in [-0.05, 0) is 65.2 Å². The highest BCUT2D eigenvalue weighted by Crippen LogP contribution is 2.44. The van der Waals surface area contributed by atoms with Gasteiger partial charge >= 0.3 is 35.8 Å². The number of imide groups is 1. The normalized spacial score (nSPS) is 20.6. The number of hydroxylamine groups is 2. The fraction of sp³-hybridized carbons (Fsp3) is 0.750. The van der Waals surface area contributed by atoms with Gasteiger partial charge in [-0.25, -0.2) is 4.79 Å². The molecule has 0 aromatic heterocycles. The molecular formula is C72H115N5O27P2S6. The summed E-state index contributed by atoms with van der Waals surface area (Å²) < 4.78 is 35.3. The number of nitrogens with one attached hydrogen (secondary N) is 2. The monoisotopic (exact) mass is 1740 g/mol. The number of hydrogen-bond donors (Lipinski definition) is 8. The van der Waals surface area contributed by atoms with E-state index in [0.29, 0.717) is 85.1 Å². The zero-order chi connectivity index (χ0) is 84.9. The number of rotatable bonds is 56. The van der Waals surface area contributed by atoms with Crippen molar-refractivity contribution in [3.05, 3.63) is 0 Å². The Kier molecular flexibility index (Phi) is 53.9. The van der Waals surface area contributed by atoms with Crippen LogP contribution in [0.15, 0.2) is 0 Å². The number of carboxylic acids is 4. The molecule has 10 N–H and O–H groups in total. The van der Waals surface area contributed by atoms with Gasteiger partial charge in [0.25, 0.3) is 11.8 Å². The smallest absolute Gasteiger partial charge is 0.335 e. The Hall–Kier alpha value is -4.98. The number of ketones is 8. The number of thioether (sulfide) groups is 6. The van der Waals surface area contributed by atoms with Crippen LogP contribution >= 0.6 is 89.1 Å². The minimum atomic E-state index is -1.31. The average molecular weight is 1740 g/mol. The van der Waals surface area contributed by atoms with Crippen LogP contribution in [0.25, 0.3) is 0 Å². The molecule has 5 aliphatic rings. The highest BCUT2D eigenvalue weighted by molar-refractivity contribution is 8.04. The zero-order valence-electron chi connectivity index (χ0n) is 65.1. The molecule has 1 heterocycles. The van der Waals surface area contributed by atoms with Crippen molar-refractivity contribution in [1.82, 2.24) is 15.7 Å². The summed E-state index contributed by atoms with van der Waals surface area (Å²) in [6.45, 7) is 7.03. The third-order valence-corrected chi connectivity index (χ3v) is 28.2. The fourth-order valence-electron chi connectivity index (χ4n) is 9.95. The maximum absolute atomic E-state index is 12.9. The summed E-state index contributed by atoms with van der Waals surface area (Å²) in [6, 6.07) is -1.66. The first-order valence-corrected chi connectivity index (χ1v) is 44.2. The maximum Gasteiger partial charge on any atom is 0.335 e. The second-order valence-electron chi connectivity index (χ2n) is 26.4. The van der Waals surface area contributed by atoms with Gasteiger partial charge in [0.2, 0.25) is 17.9 Å². The average Bonchev–Trinajstić information content (AvgIpc) is 1.21. The standard InChI is InChI=1S/C26H44N2O7P2S2.C20H32O7S2.C15H17NO9.C10H18N2O4S2.CH4/c1-3-18(25(33)27-11-21(31)13-36)15-38-23-4-5-24(23)39-16-19(26(34)28-12-22(32)14-37)10-20(30)7-9-35-8-6-17(2)29;1-3-14(19(23)24)11-28-17-4-5-18(17)29-12-15(20(25)26)10-16(22)7-9-27-8-6-13(2)21;17-9-1-2-10(18)15(9)24-13(21)5-7-23-8-6-14(22)25-16-11(19)3-4-12(16)20;11-5(9(13)14)3-17-7-1-2-8(7)18-4-6(12)10(15)16;/h18-19,23-24H,3-16,36-37H2,1-2H3,(H,27,33)(H,28,34);14-15,17-18H,3-12H2,1-2H3,(H,23,24)(H,25,26);15H,1-8H2;5-8H,1-4,11-12H2,(H,13,14)(H,15,16);1H4/i13T,14T;;;;. The van der Waals surface area contributed by atoms with Crippen molar-refractivity contribution in [3.8, 4) is 0 Å². The Morgan fingerprint density at radius 3 is 1.12 bits per heavy atom. The molecule has 16 unspecified atom stereocenters. The number of esters is 1. The van der Waals surface area contributed by atoms with Gasteiger partial charge < -0.3 is 66.3 Å². The molecule has 1 saturated heterocycles. The second kappa shape index (κ2) is 59.6. The molecular weight excluding hydrogens is 1620 g/mol. The van der Waals surface area contributed by atoms with Crippen molar-refractivity contribution < 1.29 is 133 Å². The summed E-state index contributed by atoms with van der Waals surface area (Å²) in [6.07, 6.45) is 4.59. The van der Waals surface area contributed by atoms with Crippen LogP contribution in [0, 0.1) is 23.7 Å². The van der Waals surface area contributed by atoms with Crippen molar-refractivity contribution in [2.75, 3.05) is 99.5 Å². The minimum Gasteiger partial charge on any atom is -0.481 e. The molecule has 32 nitrogen and oxygen atoms in total. The van der Waals surface area contributed by atoms with Crippen LogP contribution < -0.4 is 22.1 Å². The Labute approximate surface area is 687 Å². The number of nitrogens with two attached hydrogens (primary N) is 2. The van der Waals surface area contributed by atoms with E-state index < -0.39 is 113 Å². The highest BCUT2D eigenvalue weighted by Gasteiger charge is 2.39. The van der Waals surface area contributed by atoms with Crippen molar-refractivity contribution >= 4 is 195 Å². The molecule has 0 spiro atoms. The van der Waals surface area contributed by atoms with Crippen LogP contribution in [0.5, 0.6) is 0 Å². The summed E-state index contributed by atoms with van der Waals surface area (Å²) >= 11 is 9.67. The lowest BCUT2D eigenvalue weighted by Crippen LogP contribution is -2.39. The molecule has 0 radical (unpaired) electrons. The molecule has 112 heavy (non-hydrogen) atoms. The van der Waals surface area contributed by atoms with Crippen molar-refractivity contribution in [3.63, 3.8) is 0 Å². The van der Waals surface area contributed by atoms with Crippen LogP contribution in [0.1, 0.15) is 166 Å². The Morgan fingerprint density at radius 2 is 0.777 bits per heavy atom. The summed E-state index contributed by atoms with van der Waals surface area (Å²) in [7, 11) is 4.18. The second-order valence-corrected chi connectivity index (χ2v) is 34.7. The predicted molar refractivity (Wildman–Crippen MR) is 435 cm³/mol. The van der Waals surface area contributed by atoms with Gasteiger partial charge in [-0.3, -0.25) is 81.5 Å². The minimum absolute atomic E-state index is 0. The van der Waals surface area contributed by atoms with Crippen LogP contribution in [-0.4, -0.2) is 280 Å². The van der Waals surface area contributed by atoms with Crippen molar-refractivity contribution in [1.29, 1.82) is 0 Å². The lowest BCUT2D eigenvalue weighted by atomic mass is 9.99. The molecule has 636 valence electrons. The van der Waals surface area contributed by atoms with E-state index in [-0.39, 0.29) is 183 Å². The summed E-state index contributed by atoms with van der Waals surface area (Å²) in [5, 5.41) is 43.5. The molecule has 0 bridgehead atoms. The molecule has 1 aliphatic heterocycles. The molecule has 0 aromatic carbocycles. The van der Waals surface area contributed by atoms with Crippen LogP contribution in [-0.2, 0) is 110 Å². The van der Waals surface area contributed by atoms with Crippen LogP contribution in [0.2, 0.25) is 0 Å². The number of ether oxygens (including phenoxy) is 4. The quantitative estimate of drug-likeness (QED) is 0.0132. The summed E-state index contributed by atoms with van der Waals surface area (Å²) in [5.74, 6) is -8.10. The molecule has 16 atom stereocenters. The van der Waals surface area contributed by atoms with Crippen molar-refractivity contribution in [2.45, 2.75) is 213 Å². The van der Waals surface area contributed by atoms with E-state index in [1.54, 1.807) is 70.6 Å². The van der Waals surface area contributed by atoms with Crippen LogP contribution in [0.4, 0.5) is 0 Å². The Morgan fingerprint density at radius 1 is 0.455 bits per heavy atom. The highest BCUT2D eigenvalue weighted by atomic mass is 32.2. The Balaban J connectivity index is 0.000000788. The maximum atomic E-state index is 12.9. The number of carbonyl (C=O) groups is 18. The molecule has 4 saturated carbocycles. The van der Waals surface area contributed by atoms with Gasteiger partial charge in [0.05, 0.1) is 83.3 Å². The lowest BCUT2D eigenvalue weighted by molar-refractivity contribution is -0.198. The topological polar surface area (TPSA) is 514 Å². The first kappa shape index (κ1) is 101. The van der Waals surface area contributed by atoms with Crippen LogP contribution in [0.3, 0.4) is 0 Å². The van der Waals surface area contributed by atoms with Gasteiger partial charge in [-0.2, -0.15) is 70.6 Å². The van der Waals surface area contributed by atoms with E-state index in [4.69, 9.17) is 48.5 Å². The summed E-state index contributed by atoms with van der Waals surface area (Å²) in [5.41, 5.74) is 10.9. The predicted octanol–water partition coefficient (Wildman–Crippen LogP) is 4.91. The lowest BCUT2D eigenvalue weighted by Gasteiger charge is -2.37. The number of hydrogen-bond acceptors (Lipinski definition) is 31. The molecule has 5 fully saturated rings. The first-order chi connectivity index (χ1) is 53.4. The number of Topliss-reactive ketones (excluding diaryl/α,β-unsaturated/α-hetero) is 8. The van der Waals surface area contributed by atoms with Gasteiger partial charge in [0.15, 0.2) is 23.1 Å². The van der Waals surface area contributed by atoms with E-state index in [0.717, 1.165) is 38.5 Å². The van der Waals surface area contributed by atoms with E-state index in [1.165, 1.54) is 13.8 Å². The number of carbonyl (C=O) groups excluding carboxylic acids is 14. The molecule has 4 aliphatic carbocycles. The number of amides is 4. The van der Waals surface area contributed by atoms with E-state index >= 15 is 0 Å². The number of nitrogens with zero attached hydrogens (tertiary/aromatic N) is 1. The van der Waals surface area contributed by atoms with E-state index in [1.807, 2.05) is 13.8 Å². The third kappa shape index (κ3) is 44.4. The molecule has 0 aromatic rings. The van der Waals surface area contributed by atoms with Gasteiger partial charge in [0.1, 0.15) is 35.2 Å². The Bertz CT molecular complexity index is 3100. The van der Waals surface area contributed by atoms with E-state index in [9.17, 15) is 91.4 Å².